The van der Waals surface area contributed by atoms with Crippen molar-refractivity contribution in [3.63, 3.8) is 0 Å². The molecule has 2 unspecified atom stereocenters. The highest BCUT2D eigenvalue weighted by Crippen LogP contribution is 2.47. The highest BCUT2D eigenvalue weighted by molar-refractivity contribution is 8.93. The van der Waals surface area contributed by atoms with E-state index in [9.17, 15) is 9.50 Å². The fraction of sp³-hybridized carbons (Fsp3) is 0.409. The molecule has 2 aliphatic heterocycles. The van der Waals surface area contributed by atoms with Crippen LogP contribution in [0.1, 0.15) is 36.5 Å². The molecule has 0 radical (unpaired) electrons. The molecular formula is C22H26BrFN2OS. The van der Waals surface area contributed by atoms with Crippen molar-refractivity contribution >= 4 is 33.9 Å². The average Bonchev–Trinajstić information content (AvgIpc) is 2.93. The SMILES string of the molecule is Br.Cc1cccc(C(c2ccc(F)cc2)C2(O)CSC3=NCC(C)(C)CN32)c1. The minimum absolute atomic E-state index is 0. The molecule has 0 aliphatic carbocycles. The Morgan fingerprint density at radius 3 is 2.54 bits per heavy atom. The third-order valence-electron chi connectivity index (χ3n) is 5.38. The summed E-state index contributed by atoms with van der Waals surface area (Å²) < 4.78 is 13.6. The van der Waals surface area contributed by atoms with Gasteiger partial charge >= 0.3 is 0 Å². The highest BCUT2D eigenvalue weighted by atomic mass is 79.9. The largest absolute Gasteiger partial charge is 0.369 e. The molecule has 28 heavy (non-hydrogen) atoms. The summed E-state index contributed by atoms with van der Waals surface area (Å²) in [6, 6.07) is 14.7. The van der Waals surface area contributed by atoms with E-state index in [1.54, 1.807) is 23.9 Å². The number of rotatable bonds is 3. The van der Waals surface area contributed by atoms with Crippen LogP contribution >= 0.6 is 28.7 Å². The van der Waals surface area contributed by atoms with Crippen molar-refractivity contribution in [2.75, 3.05) is 18.8 Å². The van der Waals surface area contributed by atoms with Crippen LogP contribution in [0.5, 0.6) is 0 Å². The van der Waals surface area contributed by atoms with Gasteiger partial charge in [-0.25, -0.2) is 4.39 Å². The van der Waals surface area contributed by atoms with E-state index in [2.05, 4.69) is 37.8 Å². The molecule has 4 rings (SSSR count). The van der Waals surface area contributed by atoms with Crippen LogP contribution in [0.3, 0.4) is 0 Å². The molecule has 0 aromatic heterocycles. The number of halogens is 2. The van der Waals surface area contributed by atoms with Crippen molar-refractivity contribution in [1.29, 1.82) is 0 Å². The maximum atomic E-state index is 13.6. The van der Waals surface area contributed by atoms with Crippen LogP contribution in [0.4, 0.5) is 4.39 Å². The monoisotopic (exact) mass is 464 g/mol. The summed E-state index contributed by atoms with van der Waals surface area (Å²) in [6.45, 7) is 7.93. The quantitative estimate of drug-likeness (QED) is 0.695. The first-order valence-corrected chi connectivity index (χ1v) is 10.3. The second kappa shape index (κ2) is 7.81. The Morgan fingerprint density at radius 2 is 1.86 bits per heavy atom. The second-order valence-electron chi connectivity index (χ2n) is 8.42. The minimum Gasteiger partial charge on any atom is -0.369 e. The average molecular weight is 465 g/mol. The van der Waals surface area contributed by atoms with Gasteiger partial charge in [0.05, 0.1) is 5.92 Å². The second-order valence-corrected chi connectivity index (χ2v) is 9.36. The summed E-state index contributed by atoms with van der Waals surface area (Å²) in [6.07, 6.45) is 0. The Hall–Kier alpha value is -1.37. The number of nitrogens with zero attached hydrogens (tertiary/aromatic N) is 2. The summed E-state index contributed by atoms with van der Waals surface area (Å²) in [5.41, 5.74) is 1.99. The van der Waals surface area contributed by atoms with E-state index < -0.39 is 5.72 Å². The van der Waals surface area contributed by atoms with Gasteiger partial charge in [-0.15, -0.1) is 17.0 Å². The molecule has 150 valence electrons. The Balaban J connectivity index is 0.00000225. The smallest absolute Gasteiger partial charge is 0.161 e. The number of aliphatic hydroxyl groups is 1. The molecule has 1 saturated heterocycles. The fourth-order valence-corrected chi connectivity index (χ4v) is 5.26. The number of aryl methyl sites for hydroxylation is 1. The molecule has 2 heterocycles. The predicted octanol–water partition coefficient (Wildman–Crippen LogP) is 4.98. The first-order valence-electron chi connectivity index (χ1n) is 9.28. The number of hydrogen-bond acceptors (Lipinski definition) is 4. The fourth-order valence-electron chi connectivity index (χ4n) is 4.06. The van der Waals surface area contributed by atoms with Crippen LogP contribution in [0.2, 0.25) is 0 Å². The van der Waals surface area contributed by atoms with Gasteiger partial charge in [-0.2, -0.15) is 0 Å². The summed E-state index contributed by atoms with van der Waals surface area (Å²) in [4.78, 5) is 6.79. The van der Waals surface area contributed by atoms with E-state index in [1.165, 1.54) is 12.1 Å². The van der Waals surface area contributed by atoms with Gasteiger partial charge in [0.25, 0.3) is 0 Å². The first kappa shape index (κ1) is 21.3. The van der Waals surface area contributed by atoms with Crippen LogP contribution in [0.15, 0.2) is 53.5 Å². The van der Waals surface area contributed by atoms with E-state index in [1.807, 2.05) is 12.1 Å². The van der Waals surface area contributed by atoms with Crippen molar-refractivity contribution in [3.05, 3.63) is 71.0 Å². The first-order chi connectivity index (χ1) is 12.8. The molecule has 0 bridgehead atoms. The van der Waals surface area contributed by atoms with Gasteiger partial charge in [0.2, 0.25) is 0 Å². The zero-order valence-electron chi connectivity index (χ0n) is 16.4. The maximum absolute atomic E-state index is 13.6. The molecule has 0 saturated carbocycles. The maximum Gasteiger partial charge on any atom is 0.161 e. The minimum atomic E-state index is -1.10. The molecule has 2 aliphatic rings. The summed E-state index contributed by atoms with van der Waals surface area (Å²) in [7, 11) is 0. The lowest BCUT2D eigenvalue weighted by Crippen LogP contribution is -2.56. The molecule has 6 heteroatoms. The van der Waals surface area contributed by atoms with Gasteiger partial charge in [0, 0.05) is 24.3 Å². The molecule has 1 fully saturated rings. The van der Waals surface area contributed by atoms with E-state index in [0.717, 1.165) is 34.9 Å². The standard InChI is InChI=1S/C22H25FN2OS.BrH/c1-15-5-4-6-17(11-15)19(16-7-9-18(23)10-8-16)22(26)14-27-20-24-12-21(2,3)13-25(20)22;/h4-11,19,26H,12-14H2,1-3H3;1H. The van der Waals surface area contributed by atoms with Crippen LogP contribution in [-0.4, -0.2) is 39.7 Å². The summed E-state index contributed by atoms with van der Waals surface area (Å²) in [5.74, 6) is -0.0132. The lowest BCUT2D eigenvalue weighted by Gasteiger charge is -2.45. The van der Waals surface area contributed by atoms with Crippen LogP contribution < -0.4 is 0 Å². The van der Waals surface area contributed by atoms with Crippen LogP contribution in [0.25, 0.3) is 0 Å². The zero-order chi connectivity index (χ0) is 19.2. The molecule has 0 amide bonds. The predicted molar refractivity (Wildman–Crippen MR) is 120 cm³/mol. The van der Waals surface area contributed by atoms with E-state index in [0.29, 0.717) is 5.75 Å². The molecule has 1 N–H and O–H groups in total. The third-order valence-corrected chi connectivity index (χ3v) is 6.56. The molecule has 2 atom stereocenters. The summed E-state index contributed by atoms with van der Waals surface area (Å²) >= 11 is 1.61. The number of hydrogen-bond donors (Lipinski definition) is 1. The third kappa shape index (κ3) is 3.87. The van der Waals surface area contributed by atoms with Crippen molar-refractivity contribution in [2.24, 2.45) is 10.4 Å². The van der Waals surface area contributed by atoms with Gasteiger partial charge in [-0.05, 0) is 30.2 Å². The topological polar surface area (TPSA) is 35.8 Å². The number of thioether (sulfide) groups is 1. The number of amidine groups is 1. The normalized spacial score (nSPS) is 24.2. The van der Waals surface area contributed by atoms with E-state index >= 15 is 0 Å². The van der Waals surface area contributed by atoms with Crippen LogP contribution in [-0.2, 0) is 0 Å². The molecule has 2 aromatic carbocycles. The van der Waals surface area contributed by atoms with Gasteiger partial charge in [0.1, 0.15) is 5.82 Å². The summed E-state index contributed by atoms with van der Waals surface area (Å²) in [5, 5.41) is 12.9. The molecule has 3 nitrogen and oxygen atoms in total. The van der Waals surface area contributed by atoms with Crippen molar-refractivity contribution in [1.82, 2.24) is 4.90 Å². The van der Waals surface area contributed by atoms with Gasteiger partial charge < -0.3 is 10.0 Å². The van der Waals surface area contributed by atoms with Crippen molar-refractivity contribution < 1.29 is 9.50 Å². The Labute approximate surface area is 180 Å². The number of aliphatic imine (C=N–C) groups is 1. The van der Waals surface area contributed by atoms with Gasteiger partial charge in [0.15, 0.2) is 10.9 Å². The van der Waals surface area contributed by atoms with Gasteiger partial charge in [-0.1, -0.05) is 67.6 Å². The van der Waals surface area contributed by atoms with Crippen molar-refractivity contribution in [3.8, 4) is 0 Å². The lowest BCUT2D eigenvalue weighted by molar-refractivity contribution is -0.0703. The lowest BCUT2D eigenvalue weighted by atomic mass is 9.80. The Kier molecular flexibility index (Phi) is 5.95. The molecular weight excluding hydrogens is 439 g/mol. The zero-order valence-corrected chi connectivity index (χ0v) is 18.9. The van der Waals surface area contributed by atoms with E-state index in [-0.39, 0.29) is 34.1 Å². The Bertz CT molecular complexity index is 886. The molecule has 0 spiro atoms. The number of fused-ring (bicyclic) bond motifs is 1. The highest BCUT2D eigenvalue weighted by Gasteiger charge is 2.52. The Morgan fingerprint density at radius 1 is 1.14 bits per heavy atom. The van der Waals surface area contributed by atoms with E-state index in [4.69, 9.17) is 4.99 Å². The van der Waals surface area contributed by atoms with Crippen LogP contribution in [0, 0.1) is 18.2 Å². The van der Waals surface area contributed by atoms with Gasteiger partial charge in [-0.3, -0.25) is 4.99 Å². The number of benzene rings is 2. The molecule has 2 aromatic rings. The van der Waals surface area contributed by atoms with Crippen molar-refractivity contribution in [2.45, 2.75) is 32.4 Å².